The molecule has 9 heteroatoms. The number of hydrogen-bond acceptors (Lipinski definition) is 6. The largest absolute Gasteiger partial charge is 0.465 e. The van der Waals surface area contributed by atoms with E-state index in [2.05, 4.69) is 42.9 Å². The highest BCUT2D eigenvalue weighted by Crippen LogP contribution is 2.68. The summed E-state index contributed by atoms with van der Waals surface area (Å²) in [6.45, 7) is 13.1. The van der Waals surface area contributed by atoms with Gasteiger partial charge in [-0.25, -0.2) is 0 Å². The molecular formula is C29H45BrN2O5S. The predicted octanol–water partition coefficient (Wildman–Crippen LogP) is 4.72. The van der Waals surface area contributed by atoms with Crippen LogP contribution in [0, 0.1) is 11.8 Å². The third-order valence-corrected chi connectivity index (χ3v) is 11.5. The molecule has 0 aliphatic carbocycles. The summed E-state index contributed by atoms with van der Waals surface area (Å²) in [5.41, 5.74) is 0. The number of carbonyl (C=O) groups excluding carboxylic acids is 3. The number of aliphatic hydroxyl groups excluding tert-OH is 1. The van der Waals surface area contributed by atoms with E-state index in [1.165, 1.54) is 0 Å². The zero-order valence-electron chi connectivity index (χ0n) is 23.0. The van der Waals surface area contributed by atoms with Gasteiger partial charge in [-0.15, -0.1) is 24.9 Å². The van der Waals surface area contributed by atoms with Crippen molar-refractivity contribution in [3.8, 4) is 0 Å². The maximum atomic E-state index is 14.4. The fourth-order valence-electron chi connectivity index (χ4n) is 6.51. The molecule has 1 spiro atoms. The quantitative estimate of drug-likeness (QED) is 0.111. The molecule has 1 N–H and O–H groups in total. The summed E-state index contributed by atoms with van der Waals surface area (Å²) >= 11 is 5.46. The van der Waals surface area contributed by atoms with Crippen molar-refractivity contribution in [3.05, 3.63) is 25.3 Å². The van der Waals surface area contributed by atoms with Gasteiger partial charge in [0.1, 0.15) is 6.04 Å². The fraction of sp³-hybridized carbons (Fsp3) is 0.759. The number of thioether (sulfide) groups is 1. The lowest BCUT2D eigenvalue weighted by Gasteiger charge is -2.39. The van der Waals surface area contributed by atoms with Gasteiger partial charge in [0.15, 0.2) is 0 Å². The van der Waals surface area contributed by atoms with E-state index in [-0.39, 0.29) is 40.5 Å². The average Bonchev–Trinajstić information content (AvgIpc) is 3.48. The van der Waals surface area contributed by atoms with Crippen molar-refractivity contribution in [2.45, 2.75) is 98.5 Å². The molecule has 0 aromatic carbocycles. The lowest BCUT2D eigenvalue weighted by Crippen LogP contribution is -2.57. The third kappa shape index (κ3) is 6.20. The standard InChI is InChI=1S/C29H45BrN2O5S/c1-5-8-9-13-18-37-28(36)22-23-26(34)32(16-11-10-12-17-33)25(29(23)19-21(30)24(22)38-29)27(35)31(15-7-3)20(4)14-6-2/h5,7,20-25,33H,1,3,6,8-19H2,2,4H3/t20?,21?,22-,23+,24-,25?,29?/m1/s1. The number of unbranched alkanes of at least 4 members (excludes halogenated alkanes) is 4. The molecule has 0 saturated carbocycles. The van der Waals surface area contributed by atoms with Crippen molar-refractivity contribution in [1.82, 2.24) is 9.80 Å². The summed E-state index contributed by atoms with van der Waals surface area (Å²) in [7, 11) is 0. The second kappa shape index (κ2) is 14.4. The highest BCUT2D eigenvalue weighted by molar-refractivity contribution is 9.09. The molecule has 3 aliphatic rings. The number of carbonyl (C=O) groups is 3. The molecular weight excluding hydrogens is 568 g/mol. The van der Waals surface area contributed by atoms with Crippen LogP contribution in [0.3, 0.4) is 0 Å². The maximum absolute atomic E-state index is 14.4. The number of nitrogens with zero attached hydrogens (tertiary/aromatic N) is 2. The average molecular weight is 614 g/mol. The van der Waals surface area contributed by atoms with E-state index in [0.717, 1.165) is 38.5 Å². The molecule has 3 fully saturated rings. The zero-order chi connectivity index (χ0) is 27.9. The van der Waals surface area contributed by atoms with Gasteiger partial charge < -0.3 is 19.6 Å². The molecule has 3 aliphatic heterocycles. The molecule has 38 heavy (non-hydrogen) atoms. The Balaban J connectivity index is 1.92. The van der Waals surface area contributed by atoms with Crippen LogP contribution in [-0.2, 0) is 19.1 Å². The molecule has 2 amide bonds. The first kappa shape index (κ1) is 31.2. The minimum Gasteiger partial charge on any atom is -0.465 e. The predicted molar refractivity (Wildman–Crippen MR) is 156 cm³/mol. The number of rotatable bonds is 17. The molecule has 3 saturated heterocycles. The van der Waals surface area contributed by atoms with Gasteiger partial charge in [0.25, 0.3) is 0 Å². The minimum absolute atomic E-state index is 0.0204. The van der Waals surface area contributed by atoms with Gasteiger partial charge in [0.2, 0.25) is 11.8 Å². The molecule has 0 aromatic heterocycles. The third-order valence-electron chi connectivity index (χ3n) is 8.25. The SMILES string of the molecule is C=CCCCCOC(=O)[C@H]1[C@@H]2SC3(CC2Br)C(C(=O)N(CC=C)C(C)CCC)N(CCCCCO)C(=O)[C@H]13. The molecule has 0 aromatic rings. The van der Waals surface area contributed by atoms with Gasteiger partial charge in [-0.1, -0.05) is 41.4 Å². The summed E-state index contributed by atoms with van der Waals surface area (Å²) < 4.78 is 5.05. The van der Waals surface area contributed by atoms with Gasteiger partial charge in [-0.3, -0.25) is 14.4 Å². The molecule has 7 nitrogen and oxygen atoms in total. The van der Waals surface area contributed by atoms with Gasteiger partial charge in [-0.05, 0) is 58.3 Å². The van der Waals surface area contributed by atoms with Gasteiger partial charge in [-0.2, -0.15) is 0 Å². The number of ether oxygens (including phenoxy) is 1. The molecule has 0 radical (unpaired) electrons. The van der Waals surface area contributed by atoms with E-state index in [1.807, 2.05) is 11.0 Å². The first-order valence-corrected chi connectivity index (χ1v) is 16.0. The van der Waals surface area contributed by atoms with Crippen molar-refractivity contribution in [2.75, 3.05) is 26.3 Å². The Morgan fingerprint density at radius 2 is 2.03 bits per heavy atom. The van der Waals surface area contributed by atoms with Crippen LogP contribution in [0.25, 0.3) is 0 Å². The van der Waals surface area contributed by atoms with Crippen molar-refractivity contribution in [3.63, 3.8) is 0 Å². The summed E-state index contributed by atoms with van der Waals surface area (Å²) in [4.78, 5) is 45.6. The molecule has 3 heterocycles. The fourth-order valence-corrected chi connectivity index (χ4v) is 10.1. The number of halogens is 1. The lowest BCUT2D eigenvalue weighted by atomic mass is 9.71. The normalized spacial score (nSPS) is 30.3. The van der Waals surface area contributed by atoms with Gasteiger partial charge in [0.05, 0.1) is 23.2 Å². The van der Waals surface area contributed by atoms with Crippen LogP contribution >= 0.6 is 27.7 Å². The van der Waals surface area contributed by atoms with Crippen LogP contribution in [0.15, 0.2) is 25.3 Å². The van der Waals surface area contributed by atoms with E-state index in [9.17, 15) is 19.5 Å². The number of esters is 1. The summed E-state index contributed by atoms with van der Waals surface area (Å²) in [5.74, 6) is -1.59. The first-order valence-electron chi connectivity index (χ1n) is 14.2. The van der Waals surface area contributed by atoms with E-state index in [4.69, 9.17) is 4.74 Å². The molecule has 7 atom stereocenters. The monoisotopic (exact) mass is 612 g/mol. The smallest absolute Gasteiger partial charge is 0.310 e. The van der Waals surface area contributed by atoms with Crippen LogP contribution in [-0.4, -0.2) is 85.9 Å². The Bertz CT molecular complexity index is 872. The van der Waals surface area contributed by atoms with Crippen molar-refractivity contribution >= 4 is 45.5 Å². The maximum Gasteiger partial charge on any atom is 0.310 e. The Hall–Kier alpha value is -1.32. The summed E-state index contributed by atoms with van der Waals surface area (Å²) in [6.07, 6.45) is 10.8. The van der Waals surface area contributed by atoms with Crippen molar-refractivity contribution in [2.24, 2.45) is 11.8 Å². The molecule has 4 unspecified atom stereocenters. The van der Waals surface area contributed by atoms with Crippen LogP contribution in [0.4, 0.5) is 0 Å². The Morgan fingerprint density at radius 1 is 1.26 bits per heavy atom. The number of amides is 2. The Morgan fingerprint density at radius 3 is 2.68 bits per heavy atom. The number of fused-ring (bicyclic) bond motifs is 1. The van der Waals surface area contributed by atoms with Crippen molar-refractivity contribution in [1.29, 1.82) is 0 Å². The second-order valence-electron chi connectivity index (χ2n) is 10.8. The zero-order valence-corrected chi connectivity index (χ0v) is 25.4. The Labute approximate surface area is 240 Å². The highest BCUT2D eigenvalue weighted by atomic mass is 79.9. The van der Waals surface area contributed by atoms with Crippen molar-refractivity contribution < 1.29 is 24.2 Å². The lowest BCUT2D eigenvalue weighted by molar-refractivity contribution is -0.154. The van der Waals surface area contributed by atoms with Crippen LogP contribution in [0.2, 0.25) is 0 Å². The van der Waals surface area contributed by atoms with Crippen LogP contribution < -0.4 is 0 Å². The van der Waals surface area contributed by atoms with Gasteiger partial charge in [0, 0.05) is 35.8 Å². The molecule has 2 bridgehead atoms. The summed E-state index contributed by atoms with van der Waals surface area (Å²) in [6, 6.07) is -0.610. The number of hydrogen-bond donors (Lipinski definition) is 1. The number of likely N-dealkylation sites (tertiary alicyclic amines) is 1. The van der Waals surface area contributed by atoms with Gasteiger partial charge >= 0.3 is 5.97 Å². The molecule has 3 rings (SSSR count). The minimum atomic E-state index is -0.665. The Kier molecular flexibility index (Phi) is 11.8. The number of allylic oxidation sites excluding steroid dienone is 1. The van der Waals surface area contributed by atoms with E-state index >= 15 is 0 Å². The van der Waals surface area contributed by atoms with Crippen LogP contribution in [0.1, 0.15) is 71.6 Å². The summed E-state index contributed by atoms with van der Waals surface area (Å²) in [5, 5.41) is 9.14. The second-order valence-corrected chi connectivity index (χ2v) is 13.6. The topological polar surface area (TPSA) is 87.2 Å². The molecule has 214 valence electrons. The highest BCUT2D eigenvalue weighted by Gasteiger charge is 2.76. The number of aliphatic hydroxyl groups is 1. The van der Waals surface area contributed by atoms with E-state index < -0.39 is 22.6 Å². The van der Waals surface area contributed by atoms with E-state index in [1.54, 1.807) is 22.7 Å². The first-order chi connectivity index (χ1) is 18.3. The van der Waals surface area contributed by atoms with E-state index in [0.29, 0.717) is 39.0 Å². The van der Waals surface area contributed by atoms with Crippen LogP contribution in [0.5, 0.6) is 0 Å². The number of alkyl halides is 1.